The van der Waals surface area contributed by atoms with Gasteiger partial charge in [0.2, 0.25) is 5.95 Å². The Morgan fingerprint density at radius 2 is 2.20 bits per heavy atom. The minimum Gasteiger partial charge on any atom is -0.358 e. The first-order valence-corrected chi connectivity index (χ1v) is 5.08. The summed E-state index contributed by atoms with van der Waals surface area (Å²) in [5.41, 5.74) is 2.08. The largest absolute Gasteiger partial charge is 0.358 e. The quantitative estimate of drug-likeness (QED) is 0.845. The minimum atomic E-state index is 0.726. The molecule has 78 valence electrons. The molecule has 1 aromatic heterocycles. The molecule has 0 atom stereocenters. The molecule has 0 spiro atoms. The van der Waals surface area contributed by atoms with E-state index in [0.717, 1.165) is 22.2 Å². The third-order valence-electron chi connectivity index (χ3n) is 2.23. The van der Waals surface area contributed by atoms with Gasteiger partial charge >= 0.3 is 0 Å². The molecule has 1 heterocycles. The average molecular weight is 222 g/mol. The SMILES string of the molecule is CNc1nccn1-c1ccc(C)cc1Cl. The number of aromatic nitrogens is 2. The van der Waals surface area contributed by atoms with Crippen molar-refractivity contribution in [3.8, 4) is 5.69 Å². The van der Waals surface area contributed by atoms with Crippen LogP contribution in [0.2, 0.25) is 5.02 Å². The molecule has 1 N–H and O–H groups in total. The molecule has 0 radical (unpaired) electrons. The van der Waals surface area contributed by atoms with Crippen molar-refractivity contribution < 1.29 is 0 Å². The van der Waals surface area contributed by atoms with Gasteiger partial charge in [-0.05, 0) is 24.6 Å². The van der Waals surface area contributed by atoms with E-state index in [1.165, 1.54) is 0 Å². The molecule has 0 amide bonds. The highest BCUT2D eigenvalue weighted by Gasteiger charge is 2.06. The van der Waals surface area contributed by atoms with Crippen LogP contribution in [0.4, 0.5) is 5.95 Å². The summed E-state index contributed by atoms with van der Waals surface area (Å²) < 4.78 is 1.92. The van der Waals surface area contributed by atoms with Crippen LogP contribution in [0.25, 0.3) is 5.69 Å². The lowest BCUT2D eigenvalue weighted by Crippen LogP contribution is -2.01. The van der Waals surface area contributed by atoms with Gasteiger partial charge in [-0.2, -0.15) is 0 Å². The van der Waals surface area contributed by atoms with Gasteiger partial charge in [-0.15, -0.1) is 0 Å². The Morgan fingerprint density at radius 1 is 1.40 bits per heavy atom. The number of aryl methyl sites for hydroxylation is 1. The molecule has 0 bridgehead atoms. The Bertz CT molecular complexity index is 476. The monoisotopic (exact) mass is 221 g/mol. The smallest absolute Gasteiger partial charge is 0.207 e. The molecule has 2 aromatic rings. The highest BCUT2D eigenvalue weighted by atomic mass is 35.5. The molecule has 15 heavy (non-hydrogen) atoms. The molecule has 0 aliphatic rings. The number of benzene rings is 1. The Kier molecular flexibility index (Phi) is 2.64. The number of nitrogens with one attached hydrogen (secondary N) is 1. The summed E-state index contributed by atoms with van der Waals surface area (Å²) in [4.78, 5) is 4.17. The molecule has 0 saturated heterocycles. The number of halogens is 1. The van der Waals surface area contributed by atoms with Crippen molar-refractivity contribution >= 4 is 17.5 Å². The summed E-state index contributed by atoms with van der Waals surface area (Å²) in [5.74, 6) is 0.778. The second-order valence-corrected chi connectivity index (χ2v) is 3.73. The maximum absolute atomic E-state index is 6.17. The zero-order valence-corrected chi connectivity index (χ0v) is 9.42. The first kappa shape index (κ1) is 10.1. The number of imidazole rings is 1. The normalized spacial score (nSPS) is 10.3. The summed E-state index contributed by atoms with van der Waals surface area (Å²) in [5, 5.41) is 3.74. The lowest BCUT2D eigenvalue weighted by Gasteiger charge is -2.09. The number of hydrogen-bond acceptors (Lipinski definition) is 2. The second-order valence-electron chi connectivity index (χ2n) is 3.33. The molecule has 3 nitrogen and oxygen atoms in total. The van der Waals surface area contributed by atoms with E-state index < -0.39 is 0 Å². The predicted octanol–water partition coefficient (Wildman–Crippen LogP) is 2.88. The summed E-state index contributed by atoms with van der Waals surface area (Å²) in [6.07, 6.45) is 3.62. The van der Waals surface area contributed by atoms with E-state index in [1.54, 1.807) is 6.20 Å². The Balaban J connectivity index is 2.54. The maximum atomic E-state index is 6.17. The fourth-order valence-corrected chi connectivity index (χ4v) is 1.82. The Labute approximate surface area is 93.7 Å². The molecule has 0 fully saturated rings. The molecule has 4 heteroatoms. The zero-order valence-electron chi connectivity index (χ0n) is 8.66. The Morgan fingerprint density at radius 3 is 2.87 bits per heavy atom. The first-order chi connectivity index (χ1) is 7.22. The van der Waals surface area contributed by atoms with Crippen LogP contribution in [0, 0.1) is 6.92 Å². The maximum Gasteiger partial charge on any atom is 0.207 e. The van der Waals surface area contributed by atoms with Gasteiger partial charge in [0.05, 0.1) is 10.7 Å². The van der Waals surface area contributed by atoms with E-state index in [-0.39, 0.29) is 0 Å². The number of nitrogens with zero attached hydrogens (tertiary/aromatic N) is 2. The summed E-state index contributed by atoms with van der Waals surface area (Å²) in [7, 11) is 1.83. The van der Waals surface area contributed by atoms with Crippen molar-refractivity contribution in [1.82, 2.24) is 9.55 Å². The lowest BCUT2D eigenvalue weighted by molar-refractivity contribution is 1.05. The van der Waals surface area contributed by atoms with Gasteiger partial charge in [-0.1, -0.05) is 17.7 Å². The Hall–Kier alpha value is -1.48. The number of anilines is 1. The fourth-order valence-electron chi connectivity index (χ4n) is 1.49. The summed E-state index contributed by atoms with van der Waals surface area (Å²) >= 11 is 6.17. The van der Waals surface area contributed by atoms with Gasteiger partial charge in [-0.25, -0.2) is 4.98 Å². The van der Waals surface area contributed by atoms with Crippen LogP contribution in [0.3, 0.4) is 0 Å². The van der Waals surface area contributed by atoms with Crippen molar-refractivity contribution in [2.75, 3.05) is 12.4 Å². The molecular formula is C11H12ClN3. The van der Waals surface area contributed by atoms with Gasteiger partial charge in [0, 0.05) is 19.4 Å². The summed E-state index contributed by atoms with van der Waals surface area (Å²) in [6.45, 7) is 2.02. The van der Waals surface area contributed by atoms with Gasteiger partial charge in [0.25, 0.3) is 0 Å². The van der Waals surface area contributed by atoms with E-state index in [1.807, 2.05) is 42.9 Å². The predicted molar refractivity (Wildman–Crippen MR) is 62.9 cm³/mol. The van der Waals surface area contributed by atoms with Gasteiger partial charge < -0.3 is 5.32 Å². The minimum absolute atomic E-state index is 0.726. The van der Waals surface area contributed by atoms with Crippen LogP contribution in [0.1, 0.15) is 5.56 Å². The molecule has 1 aromatic carbocycles. The van der Waals surface area contributed by atoms with E-state index in [0.29, 0.717) is 0 Å². The van der Waals surface area contributed by atoms with Crippen LogP contribution < -0.4 is 5.32 Å². The molecule has 0 aliphatic carbocycles. The van der Waals surface area contributed by atoms with Gasteiger partial charge in [0.15, 0.2) is 0 Å². The van der Waals surface area contributed by atoms with Gasteiger partial charge in [0.1, 0.15) is 0 Å². The topological polar surface area (TPSA) is 29.9 Å². The molecule has 0 unspecified atom stereocenters. The number of rotatable bonds is 2. The van der Waals surface area contributed by atoms with E-state index in [9.17, 15) is 0 Å². The molecular weight excluding hydrogens is 210 g/mol. The van der Waals surface area contributed by atoms with E-state index in [4.69, 9.17) is 11.6 Å². The van der Waals surface area contributed by atoms with Crippen molar-refractivity contribution in [2.45, 2.75) is 6.92 Å². The highest BCUT2D eigenvalue weighted by molar-refractivity contribution is 6.32. The fraction of sp³-hybridized carbons (Fsp3) is 0.182. The third-order valence-corrected chi connectivity index (χ3v) is 2.53. The van der Waals surface area contributed by atoms with Crippen LogP contribution >= 0.6 is 11.6 Å². The second kappa shape index (κ2) is 3.95. The molecule has 0 aliphatic heterocycles. The standard InChI is InChI=1S/C11H12ClN3/c1-8-3-4-10(9(12)7-8)15-6-5-14-11(15)13-2/h3-7H,1-2H3,(H,13,14). The lowest BCUT2D eigenvalue weighted by atomic mass is 10.2. The third kappa shape index (κ3) is 1.83. The number of hydrogen-bond donors (Lipinski definition) is 1. The zero-order chi connectivity index (χ0) is 10.8. The van der Waals surface area contributed by atoms with Gasteiger partial charge in [-0.3, -0.25) is 4.57 Å². The van der Waals surface area contributed by atoms with Crippen molar-refractivity contribution in [2.24, 2.45) is 0 Å². The van der Waals surface area contributed by atoms with Crippen LogP contribution in [-0.2, 0) is 0 Å². The molecule has 0 saturated carbocycles. The van der Waals surface area contributed by atoms with Crippen molar-refractivity contribution in [1.29, 1.82) is 0 Å². The van der Waals surface area contributed by atoms with Crippen LogP contribution in [0.15, 0.2) is 30.6 Å². The van der Waals surface area contributed by atoms with Crippen LogP contribution in [0.5, 0.6) is 0 Å². The highest BCUT2D eigenvalue weighted by Crippen LogP contribution is 2.24. The average Bonchev–Trinajstić information content (AvgIpc) is 2.65. The molecule has 2 rings (SSSR count). The first-order valence-electron chi connectivity index (χ1n) is 4.70. The van der Waals surface area contributed by atoms with Crippen molar-refractivity contribution in [3.63, 3.8) is 0 Å². The summed E-state index contributed by atoms with van der Waals surface area (Å²) in [6, 6.07) is 5.96. The van der Waals surface area contributed by atoms with Crippen molar-refractivity contribution in [3.05, 3.63) is 41.2 Å². The van der Waals surface area contributed by atoms with E-state index in [2.05, 4.69) is 10.3 Å². The van der Waals surface area contributed by atoms with Crippen LogP contribution in [-0.4, -0.2) is 16.6 Å². The van der Waals surface area contributed by atoms with E-state index >= 15 is 0 Å².